The fourth-order valence-electron chi connectivity index (χ4n) is 5.97. The first-order chi connectivity index (χ1) is 21.1. The van der Waals surface area contributed by atoms with Gasteiger partial charge >= 0.3 is 5.97 Å². The van der Waals surface area contributed by atoms with E-state index in [4.69, 9.17) is 10.5 Å². The van der Waals surface area contributed by atoms with Crippen LogP contribution in [0.15, 0.2) is 60.8 Å². The molecule has 2 unspecified atom stereocenters. The monoisotopic (exact) mass is 603 g/mol. The molecule has 1 saturated heterocycles. The van der Waals surface area contributed by atoms with Crippen molar-refractivity contribution in [3.05, 3.63) is 71.9 Å². The Morgan fingerprint density at radius 2 is 1.77 bits per heavy atom. The molecule has 238 valence electrons. The van der Waals surface area contributed by atoms with Crippen molar-refractivity contribution in [2.24, 2.45) is 11.7 Å². The summed E-state index contributed by atoms with van der Waals surface area (Å²) in [4.78, 5) is 46.7. The maximum atomic E-state index is 14.1. The zero-order valence-electron chi connectivity index (χ0n) is 26.6. The molecule has 1 fully saturated rings. The number of rotatable bonds is 13. The second-order valence-electron chi connectivity index (χ2n) is 13.0. The minimum Gasteiger partial charge on any atom is -0.458 e. The number of aromatic amines is 1. The van der Waals surface area contributed by atoms with Gasteiger partial charge in [0.05, 0.1) is 5.92 Å². The number of aromatic nitrogens is 1. The number of amides is 2. The minimum absolute atomic E-state index is 0.147. The quantitative estimate of drug-likeness (QED) is 0.167. The first kappa shape index (κ1) is 33.2. The van der Waals surface area contributed by atoms with Crippen molar-refractivity contribution in [3.63, 3.8) is 0 Å². The van der Waals surface area contributed by atoms with Crippen LogP contribution in [0.4, 0.5) is 0 Å². The first-order valence-electron chi connectivity index (χ1n) is 15.9. The largest absolute Gasteiger partial charge is 0.458 e. The highest BCUT2D eigenvalue weighted by Crippen LogP contribution is 2.29. The number of benzene rings is 2. The zero-order chi connectivity index (χ0) is 31.7. The van der Waals surface area contributed by atoms with Crippen LogP contribution >= 0.6 is 0 Å². The number of nitrogens with zero attached hydrogens (tertiary/aromatic N) is 1. The molecule has 4 rings (SSSR count). The molecule has 3 aromatic rings. The molecule has 5 N–H and O–H groups in total. The molecule has 0 spiro atoms. The number of hydrogen-bond acceptors (Lipinski definition) is 6. The molecule has 2 heterocycles. The van der Waals surface area contributed by atoms with Crippen molar-refractivity contribution in [1.29, 1.82) is 0 Å². The summed E-state index contributed by atoms with van der Waals surface area (Å²) in [6, 6.07) is 16.4. The highest BCUT2D eigenvalue weighted by molar-refractivity contribution is 5.93. The van der Waals surface area contributed by atoms with E-state index >= 15 is 0 Å². The first-order valence-corrected chi connectivity index (χ1v) is 15.9. The summed E-state index contributed by atoms with van der Waals surface area (Å²) in [6.07, 6.45) is 5.35. The number of nitrogens with two attached hydrogens (primary N) is 1. The second kappa shape index (κ2) is 15.3. The number of esters is 1. The number of para-hydroxylation sites is 1. The lowest BCUT2D eigenvalue weighted by Crippen LogP contribution is -2.56. The number of carbonyl (C=O) groups is 3. The van der Waals surface area contributed by atoms with E-state index in [1.54, 1.807) is 20.8 Å². The van der Waals surface area contributed by atoms with E-state index < -0.39 is 29.6 Å². The topological polar surface area (TPSA) is 130 Å². The van der Waals surface area contributed by atoms with Gasteiger partial charge in [0.15, 0.2) is 0 Å². The van der Waals surface area contributed by atoms with Gasteiger partial charge < -0.3 is 26.1 Å². The predicted octanol–water partition coefficient (Wildman–Crippen LogP) is 4.62. The van der Waals surface area contributed by atoms with Gasteiger partial charge in [-0.25, -0.2) is 4.79 Å². The van der Waals surface area contributed by atoms with Gasteiger partial charge in [-0.1, -0.05) is 55.5 Å². The molecule has 0 radical (unpaired) electrons. The predicted molar refractivity (Wildman–Crippen MR) is 174 cm³/mol. The van der Waals surface area contributed by atoms with Crippen LogP contribution in [0.1, 0.15) is 76.8 Å². The Labute approximate surface area is 261 Å². The van der Waals surface area contributed by atoms with E-state index in [1.807, 2.05) is 55.6 Å². The molecule has 4 atom stereocenters. The van der Waals surface area contributed by atoms with Crippen molar-refractivity contribution < 1.29 is 19.1 Å². The second-order valence-corrected chi connectivity index (χ2v) is 13.0. The van der Waals surface area contributed by atoms with Crippen LogP contribution in [0.2, 0.25) is 0 Å². The number of ether oxygens (including phenoxy) is 1. The van der Waals surface area contributed by atoms with Gasteiger partial charge in [-0.05, 0) is 83.2 Å². The molecule has 9 heteroatoms. The molecule has 1 aliphatic rings. The highest BCUT2D eigenvalue weighted by Gasteiger charge is 2.36. The van der Waals surface area contributed by atoms with Crippen molar-refractivity contribution in [2.75, 3.05) is 19.6 Å². The highest BCUT2D eigenvalue weighted by atomic mass is 16.6. The third-order valence-electron chi connectivity index (χ3n) is 8.27. The Morgan fingerprint density at radius 1 is 1.05 bits per heavy atom. The summed E-state index contributed by atoms with van der Waals surface area (Å²) in [5.74, 6) is -1.66. The number of likely N-dealkylation sites (tertiary alicyclic amines) is 1. The van der Waals surface area contributed by atoms with Crippen LogP contribution in [-0.4, -0.2) is 65.0 Å². The molecule has 1 aliphatic heterocycles. The van der Waals surface area contributed by atoms with Crippen molar-refractivity contribution in [3.8, 4) is 0 Å². The fourth-order valence-corrected chi connectivity index (χ4v) is 5.97. The van der Waals surface area contributed by atoms with Crippen molar-refractivity contribution >= 4 is 28.7 Å². The lowest BCUT2D eigenvalue weighted by Gasteiger charge is -2.34. The van der Waals surface area contributed by atoms with Gasteiger partial charge in [0, 0.05) is 36.1 Å². The average Bonchev–Trinajstić information content (AvgIpc) is 3.43. The van der Waals surface area contributed by atoms with E-state index in [-0.39, 0.29) is 17.7 Å². The normalized spacial score (nSPS) is 17.9. The molecule has 44 heavy (non-hydrogen) atoms. The number of H-pyrrole nitrogens is 1. The Kier molecular flexibility index (Phi) is 11.6. The van der Waals surface area contributed by atoms with Crippen LogP contribution in [0.5, 0.6) is 0 Å². The summed E-state index contributed by atoms with van der Waals surface area (Å²) >= 11 is 0. The molecule has 1 aromatic heterocycles. The van der Waals surface area contributed by atoms with Crippen LogP contribution in [0.3, 0.4) is 0 Å². The number of nitrogens with one attached hydrogen (secondary N) is 3. The summed E-state index contributed by atoms with van der Waals surface area (Å²) in [5, 5.41) is 7.06. The van der Waals surface area contributed by atoms with Gasteiger partial charge in [0.25, 0.3) is 0 Å². The van der Waals surface area contributed by atoms with Crippen LogP contribution in [0, 0.1) is 5.92 Å². The van der Waals surface area contributed by atoms with E-state index in [2.05, 4.69) is 32.7 Å². The molecule has 2 aromatic carbocycles. The average molecular weight is 604 g/mol. The van der Waals surface area contributed by atoms with E-state index in [9.17, 15) is 14.4 Å². The fraction of sp³-hybridized carbons (Fsp3) is 0.514. The molecule has 0 bridgehead atoms. The van der Waals surface area contributed by atoms with Gasteiger partial charge in [-0.3, -0.25) is 14.5 Å². The number of carbonyl (C=O) groups excluding carboxylic acids is 3. The third kappa shape index (κ3) is 9.16. The number of piperidine rings is 1. The van der Waals surface area contributed by atoms with E-state index in [0.29, 0.717) is 25.9 Å². The van der Waals surface area contributed by atoms with Crippen LogP contribution < -0.4 is 16.4 Å². The smallest absolute Gasteiger partial charge is 0.329 e. The minimum atomic E-state index is -0.898. The van der Waals surface area contributed by atoms with Crippen LogP contribution in [0.25, 0.3) is 10.9 Å². The van der Waals surface area contributed by atoms with Crippen LogP contribution in [-0.2, 0) is 25.7 Å². The standard InChI is InChI=1S/C35H49N5O4/c1-24(28-21-37-29-17-9-8-16-27(28)29)31(33(42)38-30(18-10-11-19-36)34(43)44-35(2,3)4)39-32(41)26-15-12-20-40(23-26)22-25-13-6-5-7-14-25/h5-9,13-14,16-17,21,24,26,30-31,37H,10-12,15,18-20,22-23,36H2,1-4H3,(H,38,42)(H,39,41)/t24-,26?,30?,31+/m0/s1. The number of hydrogen-bond donors (Lipinski definition) is 4. The SMILES string of the molecule is C[C@@H](c1c[nH]c2ccccc12)[C@@H](NC(=O)C1CCCN(Cc2ccccc2)C1)C(=O)NC(CCCCN)C(=O)OC(C)(C)C. The molecule has 0 saturated carbocycles. The summed E-state index contributed by atoms with van der Waals surface area (Å²) < 4.78 is 5.66. The van der Waals surface area contributed by atoms with Gasteiger partial charge in [-0.2, -0.15) is 0 Å². The summed E-state index contributed by atoms with van der Waals surface area (Å²) in [5.41, 5.74) is 8.09. The van der Waals surface area contributed by atoms with Crippen molar-refractivity contribution in [2.45, 2.75) is 89.9 Å². The Bertz CT molecular complexity index is 1380. The maximum Gasteiger partial charge on any atom is 0.329 e. The lowest BCUT2D eigenvalue weighted by atomic mass is 9.90. The van der Waals surface area contributed by atoms with Gasteiger partial charge in [-0.15, -0.1) is 0 Å². The van der Waals surface area contributed by atoms with E-state index in [1.165, 1.54) is 5.56 Å². The number of unbranched alkanes of at least 4 members (excludes halogenated alkanes) is 1. The Morgan fingerprint density at radius 3 is 2.50 bits per heavy atom. The van der Waals surface area contributed by atoms with Crippen molar-refractivity contribution in [1.82, 2.24) is 20.5 Å². The van der Waals surface area contributed by atoms with Gasteiger partial charge in [0.2, 0.25) is 11.8 Å². The Hall–Kier alpha value is -3.69. The summed E-state index contributed by atoms with van der Waals surface area (Å²) in [7, 11) is 0. The maximum absolute atomic E-state index is 14.1. The Balaban J connectivity index is 1.55. The third-order valence-corrected chi connectivity index (χ3v) is 8.27. The van der Waals surface area contributed by atoms with Gasteiger partial charge in [0.1, 0.15) is 17.7 Å². The molecular weight excluding hydrogens is 554 g/mol. The molecule has 2 amide bonds. The lowest BCUT2D eigenvalue weighted by molar-refractivity contribution is -0.159. The molecular formula is C35H49N5O4. The molecule has 0 aliphatic carbocycles. The number of fused-ring (bicyclic) bond motifs is 1. The zero-order valence-corrected chi connectivity index (χ0v) is 26.6. The molecule has 9 nitrogen and oxygen atoms in total. The summed E-state index contributed by atoms with van der Waals surface area (Å²) in [6.45, 7) is 10.2. The van der Waals surface area contributed by atoms with E-state index in [0.717, 1.165) is 48.8 Å².